The molecule has 0 aliphatic rings. The van der Waals surface area contributed by atoms with Gasteiger partial charge in [-0.15, -0.1) is 0 Å². The number of hydrogen-bond donors (Lipinski definition) is 1. The van der Waals surface area contributed by atoms with Gasteiger partial charge in [0.1, 0.15) is 0 Å². The van der Waals surface area contributed by atoms with Gasteiger partial charge in [-0.2, -0.15) is 0 Å². The van der Waals surface area contributed by atoms with E-state index >= 15 is 0 Å². The van der Waals surface area contributed by atoms with Crippen LogP contribution in [0.1, 0.15) is 17.2 Å². The van der Waals surface area contributed by atoms with Crippen molar-refractivity contribution in [3.05, 3.63) is 109 Å². The number of carbonyl (C=O) groups is 1. The van der Waals surface area contributed by atoms with Gasteiger partial charge in [0.25, 0.3) is 0 Å². The molecule has 0 fully saturated rings. The molecule has 138 valence electrons. The number of amides is 1. The van der Waals surface area contributed by atoms with Gasteiger partial charge >= 0.3 is 0 Å². The van der Waals surface area contributed by atoms with Crippen molar-refractivity contribution in [2.45, 2.75) is 12.6 Å². The van der Waals surface area contributed by atoms with Crippen molar-refractivity contribution in [1.82, 2.24) is 14.9 Å². The second kappa shape index (κ2) is 8.35. The predicted molar refractivity (Wildman–Crippen MR) is 113 cm³/mol. The van der Waals surface area contributed by atoms with Crippen LogP contribution >= 0.6 is 0 Å². The fraction of sp³-hybridized carbons (Fsp3) is 0.0833. The second-order valence-corrected chi connectivity index (χ2v) is 6.63. The van der Waals surface area contributed by atoms with E-state index in [4.69, 9.17) is 0 Å². The van der Waals surface area contributed by atoms with Gasteiger partial charge in [0, 0.05) is 25.0 Å². The van der Waals surface area contributed by atoms with Crippen molar-refractivity contribution in [1.29, 1.82) is 0 Å². The first-order valence-electron chi connectivity index (χ1n) is 9.26. The number of imidazole rings is 1. The highest BCUT2D eigenvalue weighted by atomic mass is 16.1. The minimum atomic E-state index is -0.139. The average molecular weight is 367 g/mol. The normalized spacial score (nSPS) is 12.3. The van der Waals surface area contributed by atoms with E-state index in [-0.39, 0.29) is 11.9 Å². The standard InChI is InChI=1S/C24H21N3O/c28-24(14-13-20-11-6-10-19-7-4-5-12-22(19)20)26-23(17-27-16-15-25-18-27)21-8-2-1-3-9-21/h1-16,18,23H,17H2,(H,26,28)/b14-13+. The molecule has 0 saturated carbocycles. The molecule has 4 rings (SSSR count). The van der Waals surface area contributed by atoms with Gasteiger partial charge in [-0.25, -0.2) is 4.98 Å². The SMILES string of the molecule is O=C(/C=C/c1cccc2ccccc12)NC(Cn1ccnc1)c1ccccc1. The summed E-state index contributed by atoms with van der Waals surface area (Å²) in [6.07, 6.45) is 8.87. The second-order valence-electron chi connectivity index (χ2n) is 6.63. The van der Waals surface area contributed by atoms with Crippen LogP contribution in [0, 0.1) is 0 Å². The van der Waals surface area contributed by atoms with Crippen LogP contribution < -0.4 is 5.32 Å². The summed E-state index contributed by atoms with van der Waals surface area (Å²) in [5, 5.41) is 5.41. The molecule has 28 heavy (non-hydrogen) atoms. The Morgan fingerprint density at radius 2 is 1.79 bits per heavy atom. The van der Waals surface area contributed by atoms with E-state index < -0.39 is 0 Å². The summed E-state index contributed by atoms with van der Waals surface area (Å²) in [6, 6.07) is 24.1. The first-order valence-corrected chi connectivity index (χ1v) is 9.26. The van der Waals surface area contributed by atoms with Gasteiger partial charge in [-0.1, -0.05) is 72.8 Å². The molecular formula is C24H21N3O. The van der Waals surface area contributed by atoms with Crippen LogP contribution in [0.15, 0.2) is 97.6 Å². The molecule has 4 nitrogen and oxygen atoms in total. The fourth-order valence-corrected chi connectivity index (χ4v) is 3.31. The molecule has 1 heterocycles. The number of benzene rings is 3. The molecular weight excluding hydrogens is 346 g/mol. The van der Waals surface area contributed by atoms with Crippen molar-refractivity contribution in [2.24, 2.45) is 0 Å². The predicted octanol–water partition coefficient (Wildman–Crippen LogP) is 4.61. The Hall–Kier alpha value is -3.66. The molecule has 0 radical (unpaired) electrons. The third-order valence-electron chi connectivity index (χ3n) is 4.71. The molecule has 0 bridgehead atoms. The van der Waals surface area contributed by atoms with Crippen LogP contribution in [0.3, 0.4) is 0 Å². The van der Waals surface area contributed by atoms with Crippen LogP contribution in [0.5, 0.6) is 0 Å². The molecule has 1 unspecified atom stereocenters. The molecule has 3 aromatic carbocycles. The zero-order valence-electron chi connectivity index (χ0n) is 15.4. The van der Waals surface area contributed by atoms with E-state index in [9.17, 15) is 4.79 Å². The third kappa shape index (κ3) is 4.18. The molecule has 0 spiro atoms. The Bertz CT molecular complexity index is 1080. The number of hydrogen-bond acceptors (Lipinski definition) is 2. The Kier molecular flexibility index (Phi) is 5.29. The molecule has 0 aliphatic carbocycles. The summed E-state index contributed by atoms with van der Waals surface area (Å²) in [5.74, 6) is -0.123. The van der Waals surface area contributed by atoms with Crippen molar-refractivity contribution in [3.8, 4) is 0 Å². The van der Waals surface area contributed by atoms with Crippen LogP contribution in [-0.4, -0.2) is 15.5 Å². The highest BCUT2D eigenvalue weighted by molar-refractivity contribution is 5.96. The van der Waals surface area contributed by atoms with Crippen LogP contribution in [0.25, 0.3) is 16.8 Å². The molecule has 0 aliphatic heterocycles. The number of nitrogens with zero attached hydrogens (tertiary/aromatic N) is 2. The first kappa shape index (κ1) is 17.7. The van der Waals surface area contributed by atoms with Crippen LogP contribution in [-0.2, 0) is 11.3 Å². The summed E-state index contributed by atoms with van der Waals surface area (Å²) >= 11 is 0. The van der Waals surface area contributed by atoms with E-state index in [1.165, 1.54) is 0 Å². The lowest BCUT2D eigenvalue weighted by molar-refractivity contribution is -0.117. The summed E-state index contributed by atoms with van der Waals surface area (Å²) < 4.78 is 1.96. The van der Waals surface area contributed by atoms with E-state index in [2.05, 4.69) is 28.5 Å². The van der Waals surface area contributed by atoms with Crippen LogP contribution in [0.4, 0.5) is 0 Å². The van der Waals surface area contributed by atoms with Crippen molar-refractivity contribution in [2.75, 3.05) is 0 Å². The van der Waals surface area contributed by atoms with Crippen LogP contribution in [0.2, 0.25) is 0 Å². The lowest BCUT2D eigenvalue weighted by atomic mass is 10.0. The van der Waals surface area contributed by atoms with E-state index in [1.807, 2.05) is 71.4 Å². The summed E-state index contributed by atoms with van der Waals surface area (Å²) in [7, 11) is 0. The van der Waals surface area contributed by atoms with Gasteiger partial charge in [0.2, 0.25) is 5.91 Å². The summed E-state index contributed by atoms with van der Waals surface area (Å²) in [5.41, 5.74) is 2.09. The minimum absolute atomic E-state index is 0.123. The number of rotatable bonds is 6. The molecule has 0 saturated heterocycles. The average Bonchev–Trinajstić information content (AvgIpc) is 3.25. The van der Waals surface area contributed by atoms with Gasteiger partial charge in [-0.05, 0) is 28.0 Å². The van der Waals surface area contributed by atoms with Crippen molar-refractivity contribution in [3.63, 3.8) is 0 Å². The summed E-state index contributed by atoms with van der Waals surface area (Å²) in [4.78, 5) is 16.7. The number of nitrogens with one attached hydrogen (secondary N) is 1. The monoisotopic (exact) mass is 367 g/mol. The van der Waals surface area contributed by atoms with Gasteiger partial charge in [0.05, 0.1) is 12.4 Å². The number of carbonyl (C=O) groups excluding carboxylic acids is 1. The highest BCUT2D eigenvalue weighted by Gasteiger charge is 2.13. The lowest BCUT2D eigenvalue weighted by Gasteiger charge is -2.19. The maximum Gasteiger partial charge on any atom is 0.244 e. The molecule has 1 N–H and O–H groups in total. The summed E-state index contributed by atoms with van der Waals surface area (Å²) in [6.45, 7) is 0.623. The van der Waals surface area contributed by atoms with E-state index in [0.717, 1.165) is 21.9 Å². The molecule has 4 heteroatoms. The van der Waals surface area contributed by atoms with Gasteiger partial charge in [0.15, 0.2) is 0 Å². The van der Waals surface area contributed by atoms with E-state index in [0.29, 0.717) is 6.54 Å². The molecule has 1 aromatic heterocycles. The largest absolute Gasteiger partial charge is 0.344 e. The number of fused-ring (bicyclic) bond motifs is 1. The number of aromatic nitrogens is 2. The maximum absolute atomic E-state index is 12.6. The zero-order valence-corrected chi connectivity index (χ0v) is 15.4. The third-order valence-corrected chi connectivity index (χ3v) is 4.71. The minimum Gasteiger partial charge on any atom is -0.344 e. The van der Waals surface area contributed by atoms with Crippen molar-refractivity contribution >= 4 is 22.8 Å². The van der Waals surface area contributed by atoms with E-state index in [1.54, 1.807) is 18.6 Å². The fourth-order valence-electron chi connectivity index (χ4n) is 3.31. The zero-order chi connectivity index (χ0) is 19.2. The molecule has 1 atom stereocenters. The smallest absolute Gasteiger partial charge is 0.244 e. The molecule has 4 aromatic rings. The first-order chi connectivity index (χ1) is 13.8. The van der Waals surface area contributed by atoms with Gasteiger partial charge in [-0.3, -0.25) is 4.79 Å². The Morgan fingerprint density at radius 3 is 2.61 bits per heavy atom. The maximum atomic E-state index is 12.6. The molecule has 1 amide bonds. The quantitative estimate of drug-likeness (QED) is 0.506. The highest BCUT2D eigenvalue weighted by Crippen LogP contribution is 2.20. The van der Waals surface area contributed by atoms with Crippen molar-refractivity contribution < 1.29 is 4.79 Å². The Morgan fingerprint density at radius 1 is 1.00 bits per heavy atom. The topological polar surface area (TPSA) is 46.9 Å². The Balaban J connectivity index is 1.53. The van der Waals surface area contributed by atoms with Gasteiger partial charge < -0.3 is 9.88 Å². The Labute approximate surface area is 164 Å². The lowest BCUT2D eigenvalue weighted by Crippen LogP contribution is -2.29.